The van der Waals surface area contributed by atoms with Gasteiger partial charge >= 0.3 is 0 Å². The lowest BCUT2D eigenvalue weighted by Gasteiger charge is -2.27. The lowest BCUT2D eigenvalue weighted by atomic mass is 10.0. The van der Waals surface area contributed by atoms with E-state index in [1.54, 1.807) is 24.7 Å². The maximum atomic E-state index is 14.1. The normalized spacial score (nSPS) is 11.7. The van der Waals surface area contributed by atoms with Crippen LogP contribution in [0, 0.1) is 5.82 Å². The lowest BCUT2D eigenvalue weighted by Crippen LogP contribution is -2.29. The van der Waals surface area contributed by atoms with Crippen molar-refractivity contribution in [2.24, 2.45) is 0 Å². The van der Waals surface area contributed by atoms with E-state index in [0.717, 1.165) is 23.0 Å². The van der Waals surface area contributed by atoms with E-state index < -0.39 is 0 Å². The monoisotopic (exact) mass is 310 g/mol. The van der Waals surface area contributed by atoms with Gasteiger partial charge in [-0.3, -0.25) is 9.97 Å². The number of hydrogen-bond donors (Lipinski definition) is 1. The molecule has 0 bridgehead atoms. The first-order valence-corrected chi connectivity index (χ1v) is 7.63. The zero-order valence-electron chi connectivity index (χ0n) is 13.5. The van der Waals surface area contributed by atoms with Crippen molar-refractivity contribution in [1.82, 2.24) is 15.0 Å². The molecule has 3 aromatic heterocycles. The van der Waals surface area contributed by atoms with Crippen molar-refractivity contribution in [2.45, 2.75) is 32.7 Å². The third-order valence-corrected chi connectivity index (χ3v) is 4.02. The van der Waals surface area contributed by atoms with Gasteiger partial charge in [0.15, 0.2) is 5.82 Å². The molecule has 5 heteroatoms. The molecule has 0 spiro atoms. The lowest BCUT2D eigenvalue weighted by molar-refractivity contribution is 0.548. The van der Waals surface area contributed by atoms with Gasteiger partial charge in [-0.1, -0.05) is 6.92 Å². The van der Waals surface area contributed by atoms with E-state index in [2.05, 4.69) is 41.0 Å². The van der Waals surface area contributed by atoms with E-state index in [4.69, 9.17) is 0 Å². The Labute approximate surface area is 134 Å². The molecule has 0 saturated heterocycles. The summed E-state index contributed by atoms with van der Waals surface area (Å²) in [7, 11) is 0. The van der Waals surface area contributed by atoms with Crippen LogP contribution in [0.3, 0.4) is 0 Å². The van der Waals surface area contributed by atoms with Crippen LogP contribution in [-0.2, 0) is 0 Å². The average Bonchev–Trinajstić information content (AvgIpc) is 2.55. The van der Waals surface area contributed by atoms with E-state index in [-0.39, 0.29) is 11.4 Å². The largest absolute Gasteiger partial charge is 0.380 e. The Kier molecular flexibility index (Phi) is 3.94. The molecule has 3 rings (SSSR count). The second kappa shape index (κ2) is 5.91. The van der Waals surface area contributed by atoms with Crippen molar-refractivity contribution < 1.29 is 4.39 Å². The summed E-state index contributed by atoms with van der Waals surface area (Å²) in [5.74, 6) is -0.385. The van der Waals surface area contributed by atoms with Gasteiger partial charge in [-0.25, -0.2) is 9.37 Å². The summed E-state index contributed by atoms with van der Waals surface area (Å²) >= 11 is 0. The fourth-order valence-electron chi connectivity index (χ4n) is 2.36. The number of aromatic nitrogens is 3. The predicted molar refractivity (Wildman–Crippen MR) is 90.7 cm³/mol. The van der Waals surface area contributed by atoms with Crippen LogP contribution in [0.1, 0.15) is 27.2 Å². The molecule has 1 N–H and O–H groups in total. The molecule has 0 aliphatic heterocycles. The second-order valence-corrected chi connectivity index (χ2v) is 6.17. The first-order valence-electron chi connectivity index (χ1n) is 7.63. The van der Waals surface area contributed by atoms with E-state index in [1.807, 2.05) is 12.1 Å². The van der Waals surface area contributed by atoms with Gasteiger partial charge in [0.25, 0.3) is 0 Å². The van der Waals surface area contributed by atoms with Gasteiger partial charge < -0.3 is 5.32 Å². The fraction of sp³-hybridized carbons (Fsp3) is 0.278. The molecule has 0 unspecified atom stereocenters. The van der Waals surface area contributed by atoms with Gasteiger partial charge in [-0.2, -0.15) is 0 Å². The van der Waals surface area contributed by atoms with E-state index in [9.17, 15) is 4.39 Å². The third-order valence-electron chi connectivity index (χ3n) is 4.02. The number of anilines is 1. The van der Waals surface area contributed by atoms with Crippen molar-refractivity contribution >= 4 is 16.6 Å². The van der Waals surface area contributed by atoms with Crippen LogP contribution >= 0.6 is 0 Å². The topological polar surface area (TPSA) is 50.7 Å². The molecule has 4 nitrogen and oxygen atoms in total. The Bertz CT molecular complexity index is 845. The summed E-state index contributed by atoms with van der Waals surface area (Å²) in [5.41, 5.74) is 2.58. The third kappa shape index (κ3) is 3.13. The van der Waals surface area contributed by atoms with E-state index in [1.165, 1.54) is 6.20 Å². The summed E-state index contributed by atoms with van der Waals surface area (Å²) in [6.07, 6.45) is 7.16. The number of hydrogen-bond acceptors (Lipinski definition) is 4. The standard InChI is InChI=1S/C18H19FN4/c1-4-18(2,3)23-16-9-15(12-5-7-20-10-14(12)19)22-17-11-21-8-6-13(16)17/h5-11H,4H2,1-3H3,(H,22,23). The van der Waals surface area contributed by atoms with Crippen molar-refractivity contribution in [3.05, 3.63) is 48.8 Å². The molecule has 0 aromatic carbocycles. The van der Waals surface area contributed by atoms with Gasteiger partial charge in [-0.15, -0.1) is 0 Å². The summed E-state index contributed by atoms with van der Waals surface area (Å²) in [6, 6.07) is 5.44. The molecule has 0 atom stereocenters. The molecule has 0 aliphatic carbocycles. The van der Waals surface area contributed by atoms with Crippen molar-refractivity contribution in [3.8, 4) is 11.3 Å². The maximum absolute atomic E-state index is 14.1. The van der Waals surface area contributed by atoms with Crippen LogP contribution in [0.4, 0.5) is 10.1 Å². The molecule has 3 heterocycles. The minimum Gasteiger partial charge on any atom is -0.380 e. The molecular formula is C18H19FN4. The highest BCUT2D eigenvalue weighted by Crippen LogP contribution is 2.31. The quantitative estimate of drug-likeness (QED) is 0.774. The Balaban J connectivity index is 2.20. The molecular weight excluding hydrogens is 291 g/mol. The molecule has 0 aliphatic rings. The summed E-state index contributed by atoms with van der Waals surface area (Å²) in [5, 5.41) is 4.51. The molecule has 23 heavy (non-hydrogen) atoms. The molecule has 0 saturated carbocycles. The Morgan fingerprint density at radius 1 is 1.13 bits per heavy atom. The maximum Gasteiger partial charge on any atom is 0.150 e. The van der Waals surface area contributed by atoms with Crippen molar-refractivity contribution in [1.29, 1.82) is 0 Å². The highest BCUT2D eigenvalue weighted by Gasteiger charge is 2.18. The van der Waals surface area contributed by atoms with Gasteiger partial charge in [0.05, 0.1) is 23.6 Å². The van der Waals surface area contributed by atoms with Crippen LogP contribution in [-0.4, -0.2) is 20.5 Å². The van der Waals surface area contributed by atoms with Crippen LogP contribution in [0.15, 0.2) is 43.0 Å². The van der Waals surface area contributed by atoms with Crippen LogP contribution in [0.5, 0.6) is 0 Å². The fourth-order valence-corrected chi connectivity index (χ4v) is 2.36. The van der Waals surface area contributed by atoms with Gasteiger partial charge in [0, 0.05) is 34.6 Å². The molecule has 0 fully saturated rings. The average molecular weight is 310 g/mol. The summed E-state index contributed by atoms with van der Waals surface area (Å²) in [6.45, 7) is 6.39. The smallest absolute Gasteiger partial charge is 0.150 e. The minimum absolute atomic E-state index is 0.0778. The Hall–Kier alpha value is -2.56. The zero-order valence-corrected chi connectivity index (χ0v) is 13.5. The highest BCUT2D eigenvalue weighted by atomic mass is 19.1. The number of halogens is 1. The molecule has 3 aromatic rings. The van der Waals surface area contributed by atoms with Crippen LogP contribution < -0.4 is 5.32 Å². The first-order chi connectivity index (χ1) is 11.0. The molecule has 118 valence electrons. The second-order valence-electron chi connectivity index (χ2n) is 6.17. The van der Waals surface area contributed by atoms with Gasteiger partial charge in [0.2, 0.25) is 0 Å². The Morgan fingerprint density at radius 2 is 1.87 bits per heavy atom. The number of nitrogens with zero attached hydrogens (tertiary/aromatic N) is 3. The van der Waals surface area contributed by atoms with E-state index >= 15 is 0 Å². The molecule has 0 amide bonds. The van der Waals surface area contributed by atoms with Crippen molar-refractivity contribution in [3.63, 3.8) is 0 Å². The predicted octanol–water partition coefficient (Wildman–Crippen LogP) is 4.43. The minimum atomic E-state index is -0.385. The van der Waals surface area contributed by atoms with Crippen LogP contribution in [0.2, 0.25) is 0 Å². The summed E-state index contributed by atoms with van der Waals surface area (Å²) in [4.78, 5) is 12.5. The summed E-state index contributed by atoms with van der Waals surface area (Å²) < 4.78 is 14.1. The highest BCUT2D eigenvalue weighted by molar-refractivity contribution is 5.93. The molecule has 0 radical (unpaired) electrons. The van der Waals surface area contributed by atoms with Crippen molar-refractivity contribution in [2.75, 3.05) is 5.32 Å². The van der Waals surface area contributed by atoms with Gasteiger partial charge in [-0.05, 0) is 38.5 Å². The SMILES string of the molecule is CCC(C)(C)Nc1cc(-c2ccncc2F)nc2cnccc12. The number of nitrogens with one attached hydrogen (secondary N) is 1. The van der Waals surface area contributed by atoms with Gasteiger partial charge in [0.1, 0.15) is 0 Å². The van der Waals surface area contributed by atoms with Crippen LogP contribution in [0.25, 0.3) is 22.2 Å². The first kappa shape index (κ1) is 15.3. The number of fused-ring (bicyclic) bond motifs is 1. The van der Waals surface area contributed by atoms with E-state index in [0.29, 0.717) is 11.3 Å². The number of pyridine rings is 3. The number of rotatable bonds is 4. The zero-order chi connectivity index (χ0) is 16.4. The Morgan fingerprint density at radius 3 is 2.61 bits per heavy atom.